The van der Waals surface area contributed by atoms with Crippen LogP contribution in [0.15, 0.2) is 54.6 Å². The van der Waals surface area contributed by atoms with Gasteiger partial charge in [-0.25, -0.2) is 0 Å². The minimum atomic E-state index is -0.0938. The SMILES string of the molecule is O=C1COC(c2ccc(Cl)cc2)CN1Cc1ccccc1. The number of rotatable bonds is 3. The number of carbonyl (C=O) groups excluding carboxylic acids is 1. The Balaban J connectivity index is 1.72. The monoisotopic (exact) mass is 301 g/mol. The molecule has 1 amide bonds. The number of carbonyl (C=O) groups is 1. The van der Waals surface area contributed by atoms with Crippen molar-refractivity contribution in [2.45, 2.75) is 12.6 Å². The highest BCUT2D eigenvalue weighted by Crippen LogP contribution is 2.25. The van der Waals surface area contributed by atoms with Crippen LogP contribution in [0.3, 0.4) is 0 Å². The lowest BCUT2D eigenvalue weighted by Gasteiger charge is -2.33. The van der Waals surface area contributed by atoms with E-state index in [9.17, 15) is 4.79 Å². The first kappa shape index (κ1) is 14.1. The summed E-state index contributed by atoms with van der Waals surface area (Å²) < 4.78 is 5.65. The third-order valence-electron chi connectivity index (χ3n) is 3.60. The molecule has 3 nitrogen and oxygen atoms in total. The lowest BCUT2D eigenvalue weighted by atomic mass is 10.1. The van der Waals surface area contributed by atoms with Gasteiger partial charge >= 0.3 is 0 Å². The molecule has 1 saturated heterocycles. The van der Waals surface area contributed by atoms with Crippen molar-refractivity contribution in [1.29, 1.82) is 0 Å². The molecule has 4 heteroatoms. The number of nitrogens with zero attached hydrogens (tertiary/aromatic N) is 1. The average Bonchev–Trinajstić information content (AvgIpc) is 2.51. The van der Waals surface area contributed by atoms with E-state index < -0.39 is 0 Å². The third-order valence-corrected chi connectivity index (χ3v) is 3.86. The number of halogens is 1. The fourth-order valence-corrected chi connectivity index (χ4v) is 2.58. The highest BCUT2D eigenvalue weighted by atomic mass is 35.5. The summed E-state index contributed by atoms with van der Waals surface area (Å²) in [6.07, 6.45) is -0.0938. The molecule has 0 radical (unpaired) electrons. The lowest BCUT2D eigenvalue weighted by molar-refractivity contribution is -0.150. The van der Waals surface area contributed by atoms with E-state index in [1.54, 1.807) is 0 Å². The van der Waals surface area contributed by atoms with Crippen LogP contribution in [0.25, 0.3) is 0 Å². The maximum atomic E-state index is 12.0. The minimum Gasteiger partial charge on any atom is -0.362 e. The van der Waals surface area contributed by atoms with Gasteiger partial charge in [-0.3, -0.25) is 4.79 Å². The zero-order valence-electron chi connectivity index (χ0n) is 11.5. The van der Waals surface area contributed by atoms with E-state index in [1.165, 1.54) is 0 Å². The second-order valence-electron chi connectivity index (χ2n) is 5.11. The summed E-state index contributed by atoms with van der Waals surface area (Å²) in [5, 5.41) is 0.701. The van der Waals surface area contributed by atoms with Crippen LogP contribution in [-0.4, -0.2) is 24.0 Å². The summed E-state index contributed by atoms with van der Waals surface area (Å²) in [6, 6.07) is 17.6. The van der Waals surface area contributed by atoms with Gasteiger partial charge in [0.1, 0.15) is 12.7 Å². The van der Waals surface area contributed by atoms with Crippen molar-refractivity contribution >= 4 is 17.5 Å². The smallest absolute Gasteiger partial charge is 0.249 e. The fourth-order valence-electron chi connectivity index (χ4n) is 2.45. The molecule has 1 unspecified atom stereocenters. The Morgan fingerprint density at radius 2 is 1.81 bits per heavy atom. The number of amides is 1. The van der Waals surface area contributed by atoms with E-state index in [0.29, 0.717) is 18.1 Å². The van der Waals surface area contributed by atoms with Gasteiger partial charge in [-0.15, -0.1) is 0 Å². The van der Waals surface area contributed by atoms with Crippen LogP contribution in [0.4, 0.5) is 0 Å². The van der Waals surface area contributed by atoms with Crippen molar-refractivity contribution in [3.8, 4) is 0 Å². The molecule has 108 valence electrons. The first-order valence-corrected chi connectivity index (χ1v) is 7.29. The zero-order valence-corrected chi connectivity index (χ0v) is 12.3. The van der Waals surface area contributed by atoms with Crippen molar-refractivity contribution in [2.24, 2.45) is 0 Å². The maximum absolute atomic E-state index is 12.0. The first-order chi connectivity index (χ1) is 10.2. The summed E-state index contributed by atoms with van der Waals surface area (Å²) in [4.78, 5) is 13.9. The molecule has 21 heavy (non-hydrogen) atoms. The standard InChI is InChI=1S/C17H16ClNO2/c18-15-8-6-14(7-9-15)16-11-19(17(20)12-21-16)10-13-4-2-1-3-5-13/h1-9,16H,10-12H2. The van der Waals surface area contributed by atoms with E-state index >= 15 is 0 Å². The molecule has 0 spiro atoms. The van der Waals surface area contributed by atoms with Crippen LogP contribution in [0, 0.1) is 0 Å². The van der Waals surface area contributed by atoms with Crippen LogP contribution in [0.2, 0.25) is 5.02 Å². The quantitative estimate of drug-likeness (QED) is 0.869. The average molecular weight is 302 g/mol. The molecule has 1 heterocycles. The van der Waals surface area contributed by atoms with Gasteiger partial charge in [-0.05, 0) is 23.3 Å². The molecule has 0 bridgehead atoms. The van der Waals surface area contributed by atoms with Crippen LogP contribution < -0.4 is 0 Å². The van der Waals surface area contributed by atoms with Crippen LogP contribution in [0.5, 0.6) is 0 Å². The number of benzene rings is 2. The van der Waals surface area contributed by atoms with E-state index in [4.69, 9.17) is 16.3 Å². The van der Waals surface area contributed by atoms with Crippen molar-refractivity contribution < 1.29 is 9.53 Å². The Labute approximate surface area is 129 Å². The van der Waals surface area contributed by atoms with E-state index in [-0.39, 0.29) is 18.6 Å². The van der Waals surface area contributed by atoms with E-state index in [1.807, 2.05) is 59.5 Å². The van der Waals surface area contributed by atoms with Gasteiger partial charge < -0.3 is 9.64 Å². The van der Waals surface area contributed by atoms with E-state index in [2.05, 4.69) is 0 Å². The van der Waals surface area contributed by atoms with Crippen molar-refractivity contribution in [1.82, 2.24) is 4.90 Å². The topological polar surface area (TPSA) is 29.5 Å². The molecular formula is C17H16ClNO2. The molecule has 1 aliphatic heterocycles. The molecule has 1 fully saturated rings. The predicted molar refractivity (Wildman–Crippen MR) is 82.0 cm³/mol. The summed E-state index contributed by atoms with van der Waals surface area (Å²) in [7, 11) is 0. The van der Waals surface area contributed by atoms with Gasteiger partial charge in [-0.2, -0.15) is 0 Å². The van der Waals surface area contributed by atoms with Gasteiger partial charge in [0.15, 0.2) is 0 Å². The number of ether oxygens (including phenoxy) is 1. The zero-order chi connectivity index (χ0) is 14.7. The van der Waals surface area contributed by atoms with Gasteiger partial charge in [0.25, 0.3) is 0 Å². The molecule has 1 aliphatic rings. The molecule has 0 aromatic heterocycles. The molecule has 1 atom stereocenters. The Kier molecular flexibility index (Phi) is 4.23. The van der Waals surface area contributed by atoms with Crippen molar-refractivity contribution in [2.75, 3.05) is 13.2 Å². The Morgan fingerprint density at radius 1 is 1.10 bits per heavy atom. The Bertz CT molecular complexity index is 612. The van der Waals surface area contributed by atoms with Crippen LogP contribution in [0.1, 0.15) is 17.2 Å². The summed E-state index contributed by atoms with van der Waals surface area (Å²) in [6.45, 7) is 1.31. The molecule has 2 aromatic rings. The van der Waals surface area contributed by atoms with Gasteiger partial charge in [0.05, 0.1) is 6.54 Å². The Hall–Kier alpha value is -1.84. The van der Waals surface area contributed by atoms with Crippen molar-refractivity contribution in [3.05, 3.63) is 70.7 Å². The first-order valence-electron chi connectivity index (χ1n) is 6.91. The van der Waals surface area contributed by atoms with Crippen LogP contribution in [-0.2, 0) is 16.1 Å². The van der Waals surface area contributed by atoms with Crippen molar-refractivity contribution in [3.63, 3.8) is 0 Å². The highest BCUT2D eigenvalue weighted by Gasteiger charge is 2.27. The molecule has 2 aromatic carbocycles. The number of morpholine rings is 1. The lowest BCUT2D eigenvalue weighted by Crippen LogP contribution is -2.42. The molecular weight excluding hydrogens is 286 g/mol. The van der Waals surface area contributed by atoms with E-state index in [0.717, 1.165) is 11.1 Å². The van der Waals surface area contributed by atoms with Crippen LogP contribution >= 0.6 is 11.6 Å². The molecule has 3 rings (SSSR count). The normalized spacial score (nSPS) is 18.8. The summed E-state index contributed by atoms with van der Waals surface area (Å²) >= 11 is 5.90. The summed E-state index contributed by atoms with van der Waals surface area (Å²) in [5.74, 6) is 0.0315. The predicted octanol–water partition coefficient (Wildman–Crippen LogP) is 3.44. The Morgan fingerprint density at radius 3 is 2.52 bits per heavy atom. The molecule has 0 saturated carbocycles. The van der Waals surface area contributed by atoms with Gasteiger partial charge in [0, 0.05) is 11.6 Å². The van der Waals surface area contributed by atoms with Gasteiger partial charge in [-0.1, -0.05) is 54.1 Å². The number of hydrogen-bond donors (Lipinski definition) is 0. The highest BCUT2D eigenvalue weighted by molar-refractivity contribution is 6.30. The fraction of sp³-hybridized carbons (Fsp3) is 0.235. The largest absolute Gasteiger partial charge is 0.362 e. The molecule has 0 N–H and O–H groups in total. The molecule has 0 aliphatic carbocycles. The summed E-state index contributed by atoms with van der Waals surface area (Å²) in [5.41, 5.74) is 2.17. The number of hydrogen-bond acceptors (Lipinski definition) is 2. The second-order valence-corrected chi connectivity index (χ2v) is 5.55. The minimum absolute atomic E-state index is 0.0315. The second kappa shape index (κ2) is 6.29. The maximum Gasteiger partial charge on any atom is 0.249 e. The van der Waals surface area contributed by atoms with Gasteiger partial charge in [0.2, 0.25) is 5.91 Å². The third kappa shape index (κ3) is 3.43.